The third-order valence-electron chi connectivity index (χ3n) is 4.38. The molecule has 0 saturated carbocycles. The highest BCUT2D eigenvalue weighted by Crippen LogP contribution is 2.30. The number of ether oxygens (including phenoxy) is 1. The Morgan fingerprint density at radius 3 is 2.67 bits per heavy atom. The number of hydrogen-bond acceptors (Lipinski definition) is 5. The summed E-state index contributed by atoms with van der Waals surface area (Å²) in [4.78, 5) is 26.7. The molecule has 4 rings (SSSR count). The average molecular weight is 363 g/mol. The summed E-state index contributed by atoms with van der Waals surface area (Å²) >= 11 is 0. The fourth-order valence-electron chi connectivity index (χ4n) is 2.99. The molecule has 0 spiro atoms. The molecule has 5 N–H and O–H groups in total. The second-order valence-electron chi connectivity index (χ2n) is 6.15. The van der Waals surface area contributed by atoms with Crippen LogP contribution in [0.4, 0.5) is 5.82 Å². The zero-order valence-corrected chi connectivity index (χ0v) is 14.5. The van der Waals surface area contributed by atoms with Crippen LogP contribution in [-0.4, -0.2) is 26.8 Å². The van der Waals surface area contributed by atoms with E-state index in [1.807, 2.05) is 18.2 Å². The first kappa shape index (κ1) is 16.6. The number of carbonyl (C=O) groups excluding carboxylic acids is 1. The number of aromatic amines is 1. The Bertz CT molecular complexity index is 1240. The van der Waals surface area contributed by atoms with Gasteiger partial charge in [-0.3, -0.25) is 9.59 Å². The van der Waals surface area contributed by atoms with E-state index in [9.17, 15) is 9.59 Å². The minimum absolute atomic E-state index is 0.180. The lowest BCUT2D eigenvalue weighted by Gasteiger charge is -2.15. The molecule has 0 fully saturated rings. The number of H-pyrrole nitrogens is 1. The number of carbonyl (C=O) groups is 1. The zero-order valence-electron chi connectivity index (χ0n) is 14.5. The number of nitrogens with one attached hydrogen (secondary N) is 1. The number of nitrogen functional groups attached to an aromatic ring is 1. The number of rotatable bonds is 4. The van der Waals surface area contributed by atoms with Crippen LogP contribution >= 0.6 is 0 Å². The number of amides is 1. The second kappa shape index (κ2) is 6.17. The van der Waals surface area contributed by atoms with Crippen molar-refractivity contribution in [3.05, 3.63) is 58.9 Å². The van der Waals surface area contributed by atoms with Gasteiger partial charge in [-0.25, -0.2) is 4.68 Å². The molecule has 0 aliphatic heterocycles. The summed E-state index contributed by atoms with van der Waals surface area (Å²) in [7, 11) is 0. The summed E-state index contributed by atoms with van der Waals surface area (Å²) in [6.07, 6.45) is -0.832. The number of pyridine rings is 1. The van der Waals surface area contributed by atoms with Gasteiger partial charge in [0.25, 0.3) is 11.5 Å². The van der Waals surface area contributed by atoms with Gasteiger partial charge >= 0.3 is 0 Å². The molecule has 0 bridgehead atoms. The van der Waals surface area contributed by atoms with Crippen LogP contribution in [-0.2, 0) is 4.79 Å². The van der Waals surface area contributed by atoms with Gasteiger partial charge < -0.3 is 21.2 Å². The monoisotopic (exact) mass is 363 g/mol. The first-order chi connectivity index (χ1) is 13.0. The lowest BCUT2D eigenvalue weighted by atomic mass is 10.1. The van der Waals surface area contributed by atoms with Crippen molar-refractivity contribution >= 4 is 33.5 Å². The van der Waals surface area contributed by atoms with E-state index in [1.54, 1.807) is 37.3 Å². The van der Waals surface area contributed by atoms with E-state index in [0.29, 0.717) is 27.9 Å². The number of nitrogens with zero attached hydrogens (tertiary/aromatic N) is 2. The van der Waals surface area contributed by atoms with Crippen molar-refractivity contribution < 1.29 is 9.53 Å². The fourth-order valence-corrected chi connectivity index (χ4v) is 2.99. The zero-order chi connectivity index (χ0) is 19.1. The van der Waals surface area contributed by atoms with Crippen LogP contribution in [0.25, 0.3) is 27.5 Å². The maximum Gasteiger partial charge on any atom is 0.261 e. The van der Waals surface area contributed by atoms with Gasteiger partial charge in [0.1, 0.15) is 28.2 Å². The van der Waals surface area contributed by atoms with E-state index in [2.05, 4.69) is 10.1 Å². The van der Waals surface area contributed by atoms with Gasteiger partial charge in [-0.1, -0.05) is 30.3 Å². The molecule has 136 valence electrons. The fraction of sp³-hybridized carbons (Fsp3) is 0.105. The van der Waals surface area contributed by atoms with Gasteiger partial charge in [0.2, 0.25) is 0 Å². The quantitative estimate of drug-likeness (QED) is 0.508. The third kappa shape index (κ3) is 2.67. The van der Waals surface area contributed by atoms with Gasteiger partial charge in [0.15, 0.2) is 6.10 Å². The Labute approximate surface area is 153 Å². The molecule has 0 aliphatic carbocycles. The highest BCUT2D eigenvalue weighted by Gasteiger charge is 2.20. The van der Waals surface area contributed by atoms with Crippen LogP contribution < -0.4 is 21.8 Å². The van der Waals surface area contributed by atoms with Crippen LogP contribution in [0, 0.1) is 0 Å². The van der Waals surface area contributed by atoms with E-state index < -0.39 is 12.0 Å². The average Bonchev–Trinajstić information content (AvgIpc) is 3.00. The van der Waals surface area contributed by atoms with Gasteiger partial charge in [-0.05, 0) is 25.1 Å². The van der Waals surface area contributed by atoms with E-state index >= 15 is 0 Å². The van der Waals surface area contributed by atoms with Crippen LogP contribution in [0.15, 0.2) is 53.3 Å². The van der Waals surface area contributed by atoms with Crippen LogP contribution in [0.2, 0.25) is 0 Å². The molecule has 1 unspecified atom stereocenters. The van der Waals surface area contributed by atoms with Gasteiger partial charge in [0, 0.05) is 5.39 Å². The molecular weight excluding hydrogens is 346 g/mol. The van der Waals surface area contributed by atoms with E-state index in [4.69, 9.17) is 16.2 Å². The largest absolute Gasteiger partial charge is 0.479 e. The van der Waals surface area contributed by atoms with Crippen molar-refractivity contribution in [3.63, 3.8) is 0 Å². The number of nitrogens with two attached hydrogens (primary N) is 2. The minimum Gasteiger partial charge on any atom is -0.479 e. The molecule has 27 heavy (non-hydrogen) atoms. The standard InChI is InChI=1S/C19H17N5O3/c1-10(18(21)25)27-14-9-5-4-8-13(14)24-17(20)15-16(23-24)11-6-2-3-7-12(11)22-19(15)26/h2-10H,20H2,1H3,(H2,21,25)(H,22,26). The van der Waals surface area contributed by atoms with Crippen LogP contribution in [0.3, 0.4) is 0 Å². The van der Waals surface area contributed by atoms with Crippen molar-refractivity contribution in [2.75, 3.05) is 5.73 Å². The van der Waals surface area contributed by atoms with E-state index in [0.717, 1.165) is 5.39 Å². The van der Waals surface area contributed by atoms with Crippen LogP contribution in [0.1, 0.15) is 6.92 Å². The van der Waals surface area contributed by atoms with E-state index in [-0.39, 0.29) is 11.4 Å². The predicted molar refractivity (Wildman–Crippen MR) is 103 cm³/mol. The van der Waals surface area contributed by atoms with Crippen molar-refractivity contribution in [1.29, 1.82) is 0 Å². The maximum absolute atomic E-state index is 12.5. The number of primary amides is 1. The highest BCUT2D eigenvalue weighted by molar-refractivity contribution is 6.06. The summed E-state index contributed by atoms with van der Waals surface area (Å²) in [6, 6.07) is 14.3. The number of anilines is 1. The smallest absolute Gasteiger partial charge is 0.261 e. The number of benzene rings is 2. The summed E-state index contributed by atoms with van der Waals surface area (Å²) in [5, 5.41) is 5.64. The first-order valence-corrected chi connectivity index (χ1v) is 8.32. The molecule has 2 heterocycles. The molecule has 1 atom stereocenters. The Balaban J connectivity index is 1.97. The maximum atomic E-state index is 12.5. The molecule has 2 aromatic heterocycles. The van der Waals surface area contributed by atoms with Gasteiger partial charge in [-0.2, -0.15) is 5.10 Å². The van der Waals surface area contributed by atoms with Crippen molar-refractivity contribution in [1.82, 2.24) is 14.8 Å². The molecule has 4 aromatic rings. The molecule has 0 saturated heterocycles. The normalized spacial score (nSPS) is 12.3. The summed E-state index contributed by atoms with van der Waals surface area (Å²) in [6.45, 7) is 1.56. The summed E-state index contributed by atoms with van der Waals surface area (Å²) in [5.74, 6) is -0.0327. The predicted octanol–water partition coefficient (Wildman–Crippen LogP) is 1.70. The third-order valence-corrected chi connectivity index (χ3v) is 4.38. The first-order valence-electron chi connectivity index (χ1n) is 8.32. The molecule has 2 aromatic carbocycles. The van der Waals surface area contributed by atoms with Crippen molar-refractivity contribution in [2.24, 2.45) is 5.73 Å². The van der Waals surface area contributed by atoms with Crippen molar-refractivity contribution in [2.45, 2.75) is 13.0 Å². The highest BCUT2D eigenvalue weighted by atomic mass is 16.5. The number of para-hydroxylation sites is 3. The Kier molecular flexibility index (Phi) is 3.80. The number of fused-ring (bicyclic) bond motifs is 3. The minimum atomic E-state index is -0.832. The van der Waals surface area contributed by atoms with Gasteiger partial charge in [-0.15, -0.1) is 0 Å². The van der Waals surface area contributed by atoms with E-state index in [1.165, 1.54) is 4.68 Å². The lowest BCUT2D eigenvalue weighted by molar-refractivity contribution is -0.123. The summed E-state index contributed by atoms with van der Waals surface area (Å²) in [5.41, 5.74) is 12.9. The lowest BCUT2D eigenvalue weighted by Crippen LogP contribution is -2.31. The SMILES string of the molecule is CC(Oc1ccccc1-n1nc2c(c1N)c(=O)[nH]c1ccccc12)C(N)=O. The molecular formula is C19H17N5O3. The summed E-state index contributed by atoms with van der Waals surface area (Å²) < 4.78 is 7.09. The Morgan fingerprint density at radius 2 is 1.89 bits per heavy atom. The molecule has 8 nitrogen and oxygen atoms in total. The number of aromatic nitrogens is 3. The van der Waals surface area contributed by atoms with Crippen LogP contribution in [0.5, 0.6) is 5.75 Å². The molecule has 8 heteroatoms. The molecule has 0 radical (unpaired) electrons. The van der Waals surface area contributed by atoms with Crippen molar-refractivity contribution in [3.8, 4) is 11.4 Å². The number of hydrogen-bond donors (Lipinski definition) is 3. The second-order valence-corrected chi connectivity index (χ2v) is 6.15. The van der Waals surface area contributed by atoms with Gasteiger partial charge in [0.05, 0.1) is 5.52 Å². The topological polar surface area (TPSA) is 129 Å². The molecule has 0 aliphatic rings. The molecule has 1 amide bonds. The Morgan fingerprint density at radius 1 is 1.19 bits per heavy atom. The Hall–Kier alpha value is -3.81.